The van der Waals surface area contributed by atoms with Crippen LogP contribution in [0.4, 0.5) is 4.79 Å². The summed E-state index contributed by atoms with van der Waals surface area (Å²) in [5.41, 5.74) is 5.81. The number of aliphatic hydroxyl groups is 1. The smallest absolute Gasteiger partial charge is 0.407 e. The van der Waals surface area contributed by atoms with Crippen molar-refractivity contribution in [1.82, 2.24) is 5.32 Å². The first-order valence-electron chi connectivity index (χ1n) is 9.52. The monoisotopic (exact) mass is 373 g/mol. The number of hydrogen-bond donors (Lipinski definition) is 2. The summed E-state index contributed by atoms with van der Waals surface area (Å²) < 4.78 is 5.55. The summed E-state index contributed by atoms with van der Waals surface area (Å²) in [4.78, 5) is 12.3. The summed E-state index contributed by atoms with van der Waals surface area (Å²) in [6, 6.07) is 25.9. The van der Waals surface area contributed by atoms with E-state index in [-0.39, 0.29) is 25.2 Å². The van der Waals surface area contributed by atoms with Crippen LogP contribution in [0.2, 0.25) is 0 Å². The number of benzene rings is 3. The van der Waals surface area contributed by atoms with Crippen molar-refractivity contribution in [3.05, 3.63) is 95.6 Å². The molecular formula is C24H23NO3. The number of ether oxygens (including phenoxy) is 1. The Balaban J connectivity index is 1.41. The van der Waals surface area contributed by atoms with Gasteiger partial charge < -0.3 is 15.2 Å². The number of nitrogens with one attached hydrogen (secondary N) is 1. The van der Waals surface area contributed by atoms with Gasteiger partial charge >= 0.3 is 6.09 Å². The molecule has 1 aliphatic rings. The van der Waals surface area contributed by atoms with E-state index in [9.17, 15) is 9.90 Å². The van der Waals surface area contributed by atoms with Gasteiger partial charge in [-0.3, -0.25) is 0 Å². The third-order valence-electron chi connectivity index (χ3n) is 5.21. The number of alkyl carbamates (subject to hydrolysis) is 1. The maximum Gasteiger partial charge on any atom is 0.407 e. The Bertz CT molecular complexity index is 909. The Labute approximate surface area is 164 Å². The topological polar surface area (TPSA) is 58.6 Å². The first-order valence-corrected chi connectivity index (χ1v) is 9.52. The maximum absolute atomic E-state index is 12.3. The number of rotatable bonds is 6. The summed E-state index contributed by atoms with van der Waals surface area (Å²) in [6.45, 7) is 0.127. The first kappa shape index (κ1) is 18.3. The van der Waals surface area contributed by atoms with Gasteiger partial charge in [-0.15, -0.1) is 0 Å². The highest BCUT2D eigenvalue weighted by molar-refractivity contribution is 5.79. The lowest BCUT2D eigenvalue weighted by Gasteiger charge is -2.18. The molecule has 1 atom stereocenters. The van der Waals surface area contributed by atoms with Gasteiger partial charge in [-0.25, -0.2) is 4.79 Å². The Hall–Kier alpha value is -3.11. The number of carbonyl (C=O) groups is 1. The van der Waals surface area contributed by atoms with E-state index in [1.54, 1.807) is 0 Å². The molecule has 4 rings (SSSR count). The Kier molecular flexibility index (Phi) is 5.40. The standard InChI is InChI=1S/C24H23NO3/c26-15-18(14-17-8-2-1-3-9-17)25-24(27)28-16-23-21-12-6-4-10-19(21)20-11-5-7-13-22(20)23/h1-13,18,23,26H,14-16H2,(H,25,27)/t18-/m0/s1. The molecule has 0 spiro atoms. The summed E-state index contributed by atoms with van der Waals surface area (Å²) >= 11 is 0. The van der Waals surface area contributed by atoms with Gasteiger partial charge in [0, 0.05) is 5.92 Å². The molecule has 1 amide bonds. The van der Waals surface area contributed by atoms with Gasteiger partial charge in [-0.1, -0.05) is 78.9 Å². The molecule has 28 heavy (non-hydrogen) atoms. The number of fused-ring (bicyclic) bond motifs is 3. The molecule has 0 radical (unpaired) electrons. The van der Waals surface area contributed by atoms with Crippen molar-refractivity contribution in [1.29, 1.82) is 0 Å². The molecule has 1 aliphatic carbocycles. The SMILES string of the molecule is O=C(N[C@H](CO)Cc1ccccc1)OCC1c2ccccc2-c2ccccc21. The second kappa shape index (κ2) is 8.28. The van der Waals surface area contributed by atoms with Gasteiger partial charge in [0.25, 0.3) is 0 Å². The molecule has 0 aliphatic heterocycles. The van der Waals surface area contributed by atoms with E-state index in [2.05, 4.69) is 29.6 Å². The molecule has 0 heterocycles. The second-order valence-electron chi connectivity index (χ2n) is 7.04. The van der Waals surface area contributed by atoms with E-state index in [1.165, 1.54) is 22.3 Å². The Morgan fingerprint density at radius 3 is 2.07 bits per heavy atom. The van der Waals surface area contributed by atoms with Gasteiger partial charge in [-0.2, -0.15) is 0 Å². The summed E-state index contributed by atoms with van der Waals surface area (Å²) in [7, 11) is 0. The molecule has 142 valence electrons. The molecule has 0 bridgehead atoms. The van der Waals surface area contributed by atoms with Crippen molar-refractivity contribution in [3.8, 4) is 11.1 Å². The van der Waals surface area contributed by atoms with Crippen LogP contribution in [0.15, 0.2) is 78.9 Å². The van der Waals surface area contributed by atoms with E-state index < -0.39 is 6.09 Å². The lowest BCUT2D eigenvalue weighted by molar-refractivity contribution is 0.132. The number of carbonyl (C=O) groups excluding carboxylic acids is 1. The van der Waals surface area contributed by atoms with E-state index in [1.807, 2.05) is 54.6 Å². The summed E-state index contributed by atoms with van der Waals surface area (Å²) in [5, 5.41) is 12.4. The van der Waals surface area contributed by atoms with E-state index in [4.69, 9.17) is 4.74 Å². The Morgan fingerprint density at radius 2 is 1.46 bits per heavy atom. The minimum absolute atomic E-state index is 0.0276. The van der Waals surface area contributed by atoms with E-state index >= 15 is 0 Å². The quantitative estimate of drug-likeness (QED) is 0.683. The fourth-order valence-electron chi connectivity index (χ4n) is 3.87. The lowest BCUT2D eigenvalue weighted by atomic mass is 9.98. The molecule has 4 heteroatoms. The molecule has 0 unspecified atom stereocenters. The lowest BCUT2D eigenvalue weighted by Crippen LogP contribution is -2.39. The molecule has 3 aromatic rings. The Morgan fingerprint density at radius 1 is 0.893 bits per heavy atom. The van der Waals surface area contributed by atoms with Crippen molar-refractivity contribution in [3.63, 3.8) is 0 Å². The van der Waals surface area contributed by atoms with Crippen molar-refractivity contribution in [2.45, 2.75) is 18.4 Å². The van der Waals surface area contributed by atoms with Crippen LogP contribution in [-0.4, -0.2) is 30.5 Å². The summed E-state index contributed by atoms with van der Waals surface area (Å²) in [5.74, 6) is 0.0276. The van der Waals surface area contributed by atoms with Gasteiger partial charge in [0.2, 0.25) is 0 Å². The third kappa shape index (κ3) is 3.78. The van der Waals surface area contributed by atoms with Crippen molar-refractivity contribution < 1.29 is 14.6 Å². The fourth-order valence-corrected chi connectivity index (χ4v) is 3.87. The second-order valence-corrected chi connectivity index (χ2v) is 7.04. The molecule has 0 saturated carbocycles. The van der Waals surface area contributed by atoms with Crippen LogP contribution in [-0.2, 0) is 11.2 Å². The molecule has 2 N–H and O–H groups in total. The molecular weight excluding hydrogens is 350 g/mol. The maximum atomic E-state index is 12.3. The van der Waals surface area contributed by atoms with Crippen molar-refractivity contribution >= 4 is 6.09 Å². The number of aliphatic hydroxyl groups excluding tert-OH is 1. The molecule has 3 aromatic carbocycles. The predicted molar refractivity (Wildman–Crippen MR) is 109 cm³/mol. The van der Waals surface area contributed by atoms with Crippen LogP contribution in [0, 0.1) is 0 Å². The minimum Gasteiger partial charge on any atom is -0.449 e. The zero-order valence-electron chi connectivity index (χ0n) is 15.5. The third-order valence-corrected chi connectivity index (χ3v) is 5.21. The minimum atomic E-state index is -0.503. The zero-order chi connectivity index (χ0) is 19.3. The highest BCUT2D eigenvalue weighted by Gasteiger charge is 2.29. The molecule has 0 fully saturated rings. The summed E-state index contributed by atoms with van der Waals surface area (Å²) in [6.07, 6.45) is 0.0542. The average molecular weight is 373 g/mol. The number of amides is 1. The van der Waals surface area contributed by atoms with Crippen molar-refractivity contribution in [2.24, 2.45) is 0 Å². The van der Waals surface area contributed by atoms with Gasteiger partial charge in [0.05, 0.1) is 12.6 Å². The average Bonchev–Trinajstić information content (AvgIpc) is 3.06. The molecule has 4 nitrogen and oxygen atoms in total. The van der Waals surface area contributed by atoms with Crippen LogP contribution < -0.4 is 5.32 Å². The predicted octanol–water partition coefficient (Wildman–Crippen LogP) is 4.13. The molecule has 0 aromatic heterocycles. The van der Waals surface area contributed by atoms with Crippen LogP contribution in [0.25, 0.3) is 11.1 Å². The van der Waals surface area contributed by atoms with Crippen LogP contribution >= 0.6 is 0 Å². The zero-order valence-corrected chi connectivity index (χ0v) is 15.5. The van der Waals surface area contributed by atoms with Gasteiger partial charge in [0.15, 0.2) is 0 Å². The van der Waals surface area contributed by atoms with Crippen LogP contribution in [0.1, 0.15) is 22.6 Å². The van der Waals surface area contributed by atoms with E-state index in [0.29, 0.717) is 6.42 Å². The normalized spacial score (nSPS) is 13.5. The highest BCUT2D eigenvalue weighted by atomic mass is 16.5. The van der Waals surface area contributed by atoms with Gasteiger partial charge in [-0.05, 0) is 34.2 Å². The largest absolute Gasteiger partial charge is 0.449 e. The van der Waals surface area contributed by atoms with E-state index in [0.717, 1.165) is 5.56 Å². The first-order chi connectivity index (χ1) is 13.8. The highest BCUT2D eigenvalue weighted by Crippen LogP contribution is 2.44. The van der Waals surface area contributed by atoms with Crippen LogP contribution in [0.5, 0.6) is 0 Å². The fraction of sp³-hybridized carbons (Fsp3) is 0.208. The molecule has 0 saturated heterocycles. The van der Waals surface area contributed by atoms with Crippen molar-refractivity contribution in [2.75, 3.05) is 13.2 Å². The van der Waals surface area contributed by atoms with Gasteiger partial charge in [0.1, 0.15) is 6.61 Å². The van der Waals surface area contributed by atoms with Crippen LogP contribution in [0.3, 0.4) is 0 Å². The number of hydrogen-bond acceptors (Lipinski definition) is 3.